The lowest BCUT2D eigenvalue weighted by Crippen LogP contribution is -2.50. The molecule has 0 aliphatic rings. The Morgan fingerprint density at radius 3 is 1.92 bits per heavy atom. The molecule has 0 bridgehead atoms. The zero-order valence-electron chi connectivity index (χ0n) is 13.9. The van der Waals surface area contributed by atoms with Crippen LogP contribution in [0.25, 0.3) is 0 Å². The van der Waals surface area contributed by atoms with E-state index in [1.54, 1.807) is 0 Å². The van der Waals surface area contributed by atoms with Gasteiger partial charge in [0.05, 0.1) is 19.3 Å². The number of hydrogen-bond acceptors (Lipinski definition) is 6. The highest BCUT2D eigenvalue weighted by Gasteiger charge is 2.23. The standard InChI is InChI=1S/C15H29N3O6/c16-8-4-2-1-3-5-9-17-12(6-7-13(19)20)18(10-14(21)22)11-15(23)24/h12,17H,1-11,16H2,(H,19,20)(H,21,22)(H,23,24). The van der Waals surface area contributed by atoms with E-state index in [1.165, 1.54) is 4.90 Å². The lowest BCUT2D eigenvalue weighted by molar-refractivity contribution is -0.143. The molecule has 0 fully saturated rings. The quantitative estimate of drug-likeness (QED) is 0.194. The van der Waals surface area contributed by atoms with Crippen LogP contribution in [0.1, 0.15) is 44.9 Å². The van der Waals surface area contributed by atoms with Gasteiger partial charge < -0.3 is 26.4 Å². The first kappa shape index (κ1) is 22.3. The predicted molar refractivity (Wildman–Crippen MR) is 87.6 cm³/mol. The number of nitrogens with one attached hydrogen (secondary N) is 1. The van der Waals surface area contributed by atoms with Crippen LogP contribution in [0.15, 0.2) is 0 Å². The molecule has 1 unspecified atom stereocenters. The molecule has 0 aromatic carbocycles. The summed E-state index contributed by atoms with van der Waals surface area (Å²) in [6, 6.07) is 0. The Bertz CT molecular complexity index is 375. The number of unbranched alkanes of at least 4 members (excludes halogenated alkanes) is 4. The van der Waals surface area contributed by atoms with Crippen LogP contribution in [0.4, 0.5) is 0 Å². The van der Waals surface area contributed by atoms with Crippen molar-refractivity contribution in [3.8, 4) is 0 Å². The Morgan fingerprint density at radius 2 is 1.42 bits per heavy atom. The Balaban J connectivity index is 4.47. The second-order valence-corrected chi connectivity index (χ2v) is 5.65. The van der Waals surface area contributed by atoms with Gasteiger partial charge in [0.15, 0.2) is 0 Å². The average Bonchev–Trinajstić information content (AvgIpc) is 2.47. The van der Waals surface area contributed by atoms with Gasteiger partial charge in [0.1, 0.15) is 0 Å². The van der Waals surface area contributed by atoms with E-state index in [-0.39, 0.29) is 12.8 Å². The van der Waals surface area contributed by atoms with E-state index >= 15 is 0 Å². The van der Waals surface area contributed by atoms with E-state index in [4.69, 9.17) is 21.1 Å². The fourth-order valence-electron chi connectivity index (χ4n) is 2.37. The van der Waals surface area contributed by atoms with Crippen molar-refractivity contribution in [2.75, 3.05) is 26.2 Å². The van der Waals surface area contributed by atoms with Crippen molar-refractivity contribution in [1.29, 1.82) is 0 Å². The molecule has 0 aliphatic heterocycles. The second kappa shape index (κ2) is 13.7. The molecule has 140 valence electrons. The molecule has 0 amide bonds. The molecular formula is C15H29N3O6. The van der Waals surface area contributed by atoms with Gasteiger partial charge in [-0.2, -0.15) is 0 Å². The Kier molecular flexibility index (Phi) is 12.7. The van der Waals surface area contributed by atoms with Crippen molar-refractivity contribution < 1.29 is 29.7 Å². The summed E-state index contributed by atoms with van der Waals surface area (Å²) in [7, 11) is 0. The summed E-state index contributed by atoms with van der Waals surface area (Å²) in [5, 5.41) is 29.8. The van der Waals surface area contributed by atoms with Crippen molar-refractivity contribution in [3.63, 3.8) is 0 Å². The molecule has 0 saturated carbocycles. The molecule has 0 heterocycles. The fourth-order valence-corrected chi connectivity index (χ4v) is 2.37. The van der Waals surface area contributed by atoms with Crippen molar-refractivity contribution in [2.24, 2.45) is 5.73 Å². The SMILES string of the molecule is NCCCCCCCNC(CCC(=O)O)N(CC(=O)O)CC(=O)O. The number of nitrogens with zero attached hydrogens (tertiary/aromatic N) is 1. The molecule has 9 heteroatoms. The van der Waals surface area contributed by atoms with Gasteiger partial charge in [-0.1, -0.05) is 19.3 Å². The summed E-state index contributed by atoms with van der Waals surface area (Å²) in [6.07, 6.45) is 4.30. The van der Waals surface area contributed by atoms with Crippen LogP contribution in [-0.2, 0) is 14.4 Å². The normalized spacial score (nSPS) is 12.2. The number of carboxylic acids is 3. The highest BCUT2D eigenvalue weighted by Crippen LogP contribution is 2.07. The molecule has 1 atom stereocenters. The number of nitrogens with two attached hydrogens (primary N) is 1. The number of carbonyl (C=O) groups is 3. The van der Waals surface area contributed by atoms with Crippen LogP contribution in [0.3, 0.4) is 0 Å². The van der Waals surface area contributed by atoms with Crippen LogP contribution in [0, 0.1) is 0 Å². The molecule has 9 nitrogen and oxygen atoms in total. The number of rotatable bonds is 16. The zero-order chi connectivity index (χ0) is 18.4. The third kappa shape index (κ3) is 12.8. The van der Waals surface area contributed by atoms with Crippen molar-refractivity contribution in [2.45, 2.75) is 51.1 Å². The van der Waals surface area contributed by atoms with E-state index in [2.05, 4.69) is 5.32 Å². The van der Waals surface area contributed by atoms with Gasteiger partial charge in [0.2, 0.25) is 0 Å². The Labute approximate surface area is 141 Å². The molecule has 24 heavy (non-hydrogen) atoms. The minimum atomic E-state index is -1.15. The van der Waals surface area contributed by atoms with Gasteiger partial charge in [-0.25, -0.2) is 0 Å². The third-order valence-corrected chi connectivity index (χ3v) is 3.51. The summed E-state index contributed by atoms with van der Waals surface area (Å²) in [5.74, 6) is -3.31. The summed E-state index contributed by atoms with van der Waals surface area (Å²) in [5.41, 5.74) is 5.42. The lowest BCUT2D eigenvalue weighted by Gasteiger charge is -2.29. The van der Waals surface area contributed by atoms with Crippen LogP contribution in [0.2, 0.25) is 0 Å². The maximum Gasteiger partial charge on any atom is 0.317 e. The van der Waals surface area contributed by atoms with Crippen LogP contribution < -0.4 is 11.1 Å². The predicted octanol–water partition coefficient (Wildman–Crippen LogP) is 0.147. The molecule has 0 aromatic heterocycles. The molecule has 6 N–H and O–H groups in total. The van der Waals surface area contributed by atoms with Crippen LogP contribution in [0.5, 0.6) is 0 Å². The summed E-state index contributed by atoms with van der Waals surface area (Å²) in [6.45, 7) is 0.331. The number of aliphatic carboxylic acids is 3. The number of carboxylic acid groups (broad SMARTS) is 3. The number of hydrogen-bond donors (Lipinski definition) is 5. The van der Waals surface area contributed by atoms with Crippen molar-refractivity contribution in [3.05, 3.63) is 0 Å². The van der Waals surface area contributed by atoms with E-state index in [1.807, 2.05) is 0 Å². The maximum absolute atomic E-state index is 10.9. The molecule has 0 aromatic rings. The highest BCUT2D eigenvalue weighted by molar-refractivity contribution is 5.72. The van der Waals surface area contributed by atoms with Crippen molar-refractivity contribution >= 4 is 17.9 Å². The lowest BCUT2D eigenvalue weighted by atomic mass is 10.1. The third-order valence-electron chi connectivity index (χ3n) is 3.51. The van der Waals surface area contributed by atoms with Gasteiger partial charge in [0.25, 0.3) is 0 Å². The summed E-state index contributed by atoms with van der Waals surface area (Å²) >= 11 is 0. The minimum absolute atomic E-state index is 0.142. The monoisotopic (exact) mass is 347 g/mol. The van der Waals surface area contributed by atoms with Gasteiger partial charge in [-0.3, -0.25) is 19.3 Å². The first-order valence-corrected chi connectivity index (χ1v) is 8.19. The fraction of sp³-hybridized carbons (Fsp3) is 0.800. The van der Waals surface area contributed by atoms with Gasteiger partial charge in [0, 0.05) is 6.42 Å². The Hall–Kier alpha value is -1.71. The topological polar surface area (TPSA) is 153 Å². The molecule has 0 rings (SSSR count). The summed E-state index contributed by atoms with van der Waals surface area (Å²) < 4.78 is 0. The largest absolute Gasteiger partial charge is 0.481 e. The first-order valence-electron chi connectivity index (χ1n) is 8.19. The zero-order valence-corrected chi connectivity index (χ0v) is 13.9. The average molecular weight is 347 g/mol. The molecule has 0 aliphatic carbocycles. The van der Waals surface area contributed by atoms with Crippen molar-refractivity contribution in [1.82, 2.24) is 10.2 Å². The highest BCUT2D eigenvalue weighted by atomic mass is 16.4. The smallest absolute Gasteiger partial charge is 0.317 e. The molecule has 0 saturated heterocycles. The van der Waals surface area contributed by atoms with E-state index < -0.39 is 37.2 Å². The molecule has 0 spiro atoms. The maximum atomic E-state index is 10.9. The minimum Gasteiger partial charge on any atom is -0.481 e. The van der Waals surface area contributed by atoms with E-state index in [0.29, 0.717) is 13.1 Å². The van der Waals surface area contributed by atoms with Gasteiger partial charge in [-0.15, -0.1) is 0 Å². The molecular weight excluding hydrogens is 318 g/mol. The summed E-state index contributed by atoms with van der Waals surface area (Å²) in [4.78, 5) is 33.8. The van der Waals surface area contributed by atoms with Crippen LogP contribution in [-0.4, -0.2) is 70.5 Å². The second-order valence-electron chi connectivity index (χ2n) is 5.65. The Morgan fingerprint density at radius 1 is 0.875 bits per heavy atom. The molecule has 0 radical (unpaired) electrons. The first-order chi connectivity index (χ1) is 11.4. The van der Waals surface area contributed by atoms with Gasteiger partial charge >= 0.3 is 17.9 Å². The van der Waals surface area contributed by atoms with E-state index in [0.717, 1.165) is 32.1 Å². The van der Waals surface area contributed by atoms with E-state index in [9.17, 15) is 14.4 Å². The van der Waals surface area contributed by atoms with Gasteiger partial charge in [-0.05, 0) is 32.4 Å². The van der Waals surface area contributed by atoms with Crippen LogP contribution >= 0.6 is 0 Å².